The van der Waals surface area contributed by atoms with Crippen molar-refractivity contribution in [3.63, 3.8) is 0 Å². The lowest BCUT2D eigenvalue weighted by molar-refractivity contribution is -0.0498. The fourth-order valence-electron chi connectivity index (χ4n) is 4.74. The number of pyridine rings is 2. The Morgan fingerprint density at radius 3 is 2.58 bits per heavy atom. The van der Waals surface area contributed by atoms with Crippen molar-refractivity contribution in [2.24, 2.45) is 7.05 Å². The van der Waals surface area contributed by atoms with E-state index in [0.717, 1.165) is 75.6 Å². The first-order chi connectivity index (χ1) is 17.4. The predicted octanol–water partition coefficient (Wildman–Crippen LogP) is 5.17. The van der Waals surface area contributed by atoms with Crippen molar-refractivity contribution in [2.45, 2.75) is 45.3 Å². The van der Waals surface area contributed by atoms with Crippen molar-refractivity contribution in [2.75, 3.05) is 5.32 Å². The molecule has 1 aromatic carbocycles. The Balaban J connectivity index is 1.24. The van der Waals surface area contributed by atoms with Crippen LogP contribution in [0.15, 0.2) is 61.2 Å². The molecule has 1 aliphatic rings. The second-order valence-electron chi connectivity index (χ2n) is 9.87. The smallest absolute Gasteiger partial charge is 0.132 e. The van der Waals surface area contributed by atoms with Crippen LogP contribution < -0.4 is 5.32 Å². The van der Waals surface area contributed by atoms with Gasteiger partial charge in [-0.2, -0.15) is 5.10 Å². The van der Waals surface area contributed by atoms with Crippen molar-refractivity contribution in [1.29, 1.82) is 0 Å². The average Bonchev–Trinajstić information content (AvgIpc) is 3.45. The van der Waals surface area contributed by atoms with E-state index in [2.05, 4.69) is 50.1 Å². The number of aromatic nitrogens is 6. The molecule has 8 nitrogen and oxygen atoms in total. The molecule has 4 heterocycles. The van der Waals surface area contributed by atoms with Gasteiger partial charge in [0.05, 0.1) is 41.4 Å². The number of benzene rings is 1. The third-order valence-corrected chi connectivity index (χ3v) is 7.25. The molecule has 1 aliphatic carbocycles. The molecule has 0 saturated heterocycles. The zero-order valence-electron chi connectivity index (χ0n) is 20.7. The number of nitrogens with one attached hydrogen (secondary N) is 1. The fraction of sp³-hybridized carbons (Fsp3) is 0.286. The molecular formula is C28H29N7O. The van der Waals surface area contributed by atoms with E-state index in [4.69, 9.17) is 4.98 Å². The minimum Gasteiger partial charge on any atom is -0.388 e. The van der Waals surface area contributed by atoms with Gasteiger partial charge in [0.1, 0.15) is 11.6 Å². The molecule has 4 aromatic heterocycles. The van der Waals surface area contributed by atoms with Gasteiger partial charge in [-0.1, -0.05) is 6.07 Å². The Morgan fingerprint density at radius 2 is 1.86 bits per heavy atom. The van der Waals surface area contributed by atoms with Crippen LogP contribution in [0.2, 0.25) is 0 Å². The van der Waals surface area contributed by atoms with Crippen LogP contribution >= 0.6 is 0 Å². The molecule has 1 saturated carbocycles. The van der Waals surface area contributed by atoms with E-state index in [0.29, 0.717) is 6.54 Å². The molecule has 0 aliphatic heterocycles. The van der Waals surface area contributed by atoms with Crippen molar-refractivity contribution in [3.8, 4) is 22.5 Å². The summed E-state index contributed by atoms with van der Waals surface area (Å²) in [5.41, 5.74) is 6.36. The standard InChI is InChI=1S/C28H29N7O/c1-18-11-20(26-15-29-19(2)34(26)3)5-7-23(18)33-27-12-25-21(13-30-27)6-8-24(32-25)22-14-31-35(16-22)17-28(36)9-4-10-28/h5-8,11-16,36H,4,9-10,17H2,1-3H3,(H,30,33). The average molecular weight is 480 g/mol. The number of aliphatic hydroxyl groups is 1. The van der Waals surface area contributed by atoms with Crippen LogP contribution in [0.25, 0.3) is 33.4 Å². The van der Waals surface area contributed by atoms with Crippen LogP contribution in [0, 0.1) is 13.8 Å². The molecular weight excluding hydrogens is 450 g/mol. The number of imidazole rings is 1. The number of fused-ring (bicyclic) bond motifs is 1. The van der Waals surface area contributed by atoms with Gasteiger partial charge in [-0.3, -0.25) is 4.68 Å². The summed E-state index contributed by atoms with van der Waals surface area (Å²) in [6.45, 7) is 4.61. The maximum Gasteiger partial charge on any atom is 0.132 e. The number of nitrogens with zero attached hydrogens (tertiary/aromatic N) is 6. The van der Waals surface area contributed by atoms with Gasteiger partial charge in [0.15, 0.2) is 0 Å². The van der Waals surface area contributed by atoms with E-state index in [9.17, 15) is 5.11 Å². The second kappa shape index (κ2) is 8.57. The van der Waals surface area contributed by atoms with Gasteiger partial charge < -0.3 is 15.0 Å². The van der Waals surface area contributed by atoms with Gasteiger partial charge in [0.2, 0.25) is 0 Å². The summed E-state index contributed by atoms with van der Waals surface area (Å²) in [6, 6.07) is 12.3. The van der Waals surface area contributed by atoms with Gasteiger partial charge in [-0.15, -0.1) is 0 Å². The Labute approximate surface area is 209 Å². The molecule has 36 heavy (non-hydrogen) atoms. The lowest BCUT2D eigenvalue weighted by Crippen LogP contribution is -2.41. The first-order valence-corrected chi connectivity index (χ1v) is 12.3. The highest BCUT2D eigenvalue weighted by molar-refractivity contribution is 5.83. The molecule has 1 fully saturated rings. The van der Waals surface area contributed by atoms with Gasteiger partial charge in [0, 0.05) is 47.7 Å². The normalized spacial score (nSPS) is 14.7. The van der Waals surface area contributed by atoms with Crippen LogP contribution in [0.1, 0.15) is 30.7 Å². The Kier molecular flexibility index (Phi) is 5.34. The van der Waals surface area contributed by atoms with Crippen molar-refractivity contribution < 1.29 is 5.11 Å². The molecule has 2 N–H and O–H groups in total. The molecule has 8 heteroatoms. The highest BCUT2D eigenvalue weighted by atomic mass is 16.3. The summed E-state index contributed by atoms with van der Waals surface area (Å²) in [5, 5.41) is 19.3. The van der Waals surface area contributed by atoms with E-state index in [1.54, 1.807) is 0 Å². The zero-order valence-corrected chi connectivity index (χ0v) is 20.7. The SMILES string of the molecule is Cc1cc(-c2cnc(C)n2C)ccc1Nc1cc2nc(-c3cnn(CC4(O)CCC4)c3)ccc2cn1. The minimum atomic E-state index is -0.612. The topological polar surface area (TPSA) is 93.7 Å². The maximum absolute atomic E-state index is 10.4. The summed E-state index contributed by atoms with van der Waals surface area (Å²) >= 11 is 0. The highest BCUT2D eigenvalue weighted by Gasteiger charge is 2.35. The lowest BCUT2D eigenvalue weighted by atomic mass is 9.80. The molecule has 5 aromatic rings. The Morgan fingerprint density at radius 1 is 1.00 bits per heavy atom. The van der Waals surface area contributed by atoms with E-state index < -0.39 is 5.60 Å². The van der Waals surface area contributed by atoms with Crippen molar-refractivity contribution in [3.05, 3.63) is 72.6 Å². The number of hydrogen-bond acceptors (Lipinski definition) is 6. The third kappa shape index (κ3) is 4.13. The first kappa shape index (κ1) is 22.4. The van der Waals surface area contributed by atoms with E-state index >= 15 is 0 Å². The van der Waals surface area contributed by atoms with Crippen LogP contribution in [0.4, 0.5) is 11.5 Å². The van der Waals surface area contributed by atoms with E-state index in [-0.39, 0.29) is 0 Å². The summed E-state index contributed by atoms with van der Waals surface area (Å²) in [5.74, 6) is 1.72. The number of hydrogen-bond donors (Lipinski definition) is 2. The first-order valence-electron chi connectivity index (χ1n) is 12.3. The molecule has 0 atom stereocenters. The van der Waals surface area contributed by atoms with Crippen molar-refractivity contribution in [1.82, 2.24) is 29.3 Å². The van der Waals surface area contributed by atoms with Gasteiger partial charge in [-0.25, -0.2) is 15.0 Å². The third-order valence-electron chi connectivity index (χ3n) is 7.25. The van der Waals surface area contributed by atoms with Crippen LogP contribution in [-0.4, -0.2) is 40.0 Å². The molecule has 0 bridgehead atoms. The Bertz CT molecular complexity index is 1580. The summed E-state index contributed by atoms with van der Waals surface area (Å²) in [6.07, 6.45) is 10.3. The minimum absolute atomic E-state index is 0.525. The molecule has 0 amide bonds. The fourth-order valence-corrected chi connectivity index (χ4v) is 4.74. The molecule has 182 valence electrons. The largest absolute Gasteiger partial charge is 0.388 e. The lowest BCUT2D eigenvalue weighted by Gasteiger charge is -2.36. The number of aryl methyl sites for hydroxylation is 2. The molecule has 0 spiro atoms. The quantitative estimate of drug-likeness (QED) is 0.349. The van der Waals surface area contributed by atoms with Crippen LogP contribution in [0.3, 0.4) is 0 Å². The van der Waals surface area contributed by atoms with Crippen molar-refractivity contribution >= 4 is 22.4 Å². The van der Waals surface area contributed by atoms with Gasteiger partial charge in [0.25, 0.3) is 0 Å². The van der Waals surface area contributed by atoms with E-state index in [1.807, 2.05) is 61.6 Å². The van der Waals surface area contributed by atoms with Crippen LogP contribution in [0.5, 0.6) is 0 Å². The molecule has 0 unspecified atom stereocenters. The maximum atomic E-state index is 10.4. The zero-order chi connectivity index (χ0) is 24.9. The molecule has 0 radical (unpaired) electrons. The second-order valence-corrected chi connectivity index (χ2v) is 9.87. The highest BCUT2D eigenvalue weighted by Crippen LogP contribution is 2.33. The van der Waals surface area contributed by atoms with E-state index in [1.165, 1.54) is 0 Å². The van der Waals surface area contributed by atoms with Crippen LogP contribution in [-0.2, 0) is 13.6 Å². The van der Waals surface area contributed by atoms with Gasteiger partial charge in [-0.05, 0) is 62.9 Å². The van der Waals surface area contributed by atoms with Gasteiger partial charge >= 0.3 is 0 Å². The summed E-state index contributed by atoms with van der Waals surface area (Å²) in [7, 11) is 2.03. The predicted molar refractivity (Wildman–Crippen MR) is 141 cm³/mol. The summed E-state index contributed by atoms with van der Waals surface area (Å²) < 4.78 is 3.91. The number of anilines is 2. The molecule has 6 rings (SSSR count). The number of rotatable bonds is 6. The monoisotopic (exact) mass is 479 g/mol. The Hall–Kier alpha value is -4.04. The summed E-state index contributed by atoms with van der Waals surface area (Å²) in [4.78, 5) is 13.9.